The zero-order valence-electron chi connectivity index (χ0n) is 50.6. The minimum Gasteiger partial charge on any atom is -0.462 e. The van der Waals surface area contributed by atoms with Crippen LogP contribution < -0.4 is 0 Å². The average molecular weight is 1080 g/mol. The Morgan fingerprint density at radius 2 is 0.513 bits per heavy atom. The predicted octanol–water partition coefficient (Wildman–Crippen LogP) is 22.5. The molecule has 1 N–H and O–H groups in total. The summed E-state index contributed by atoms with van der Waals surface area (Å²) in [6.07, 6.45) is 101. The number of aliphatic hydroxyl groups is 1. The van der Waals surface area contributed by atoms with Gasteiger partial charge in [0.05, 0.1) is 6.61 Å². The van der Waals surface area contributed by atoms with Crippen molar-refractivity contribution in [1.29, 1.82) is 0 Å². The Kier molecular flexibility index (Phi) is 63.4. The van der Waals surface area contributed by atoms with Gasteiger partial charge in [-0.2, -0.15) is 0 Å². The average Bonchev–Trinajstić information content (AvgIpc) is 3.44. The molecule has 0 aromatic rings. The second-order valence-corrected chi connectivity index (χ2v) is 21.1. The number of carbonyl (C=O) groups is 2. The van der Waals surface area contributed by atoms with Crippen molar-refractivity contribution in [2.75, 3.05) is 13.2 Å². The number of esters is 2. The summed E-state index contributed by atoms with van der Waals surface area (Å²) in [6, 6.07) is 0. The van der Waals surface area contributed by atoms with E-state index in [1.165, 1.54) is 141 Å². The molecule has 0 aliphatic heterocycles. The van der Waals surface area contributed by atoms with E-state index >= 15 is 0 Å². The predicted molar refractivity (Wildman–Crippen MR) is 343 cm³/mol. The molecule has 0 heterocycles. The Morgan fingerprint density at radius 1 is 0.295 bits per heavy atom. The molecule has 78 heavy (non-hydrogen) atoms. The van der Waals surface area contributed by atoms with Gasteiger partial charge in [0.1, 0.15) is 6.61 Å². The molecule has 0 saturated heterocycles. The molecule has 1 unspecified atom stereocenters. The second-order valence-electron chi connectivity index (χ2n) is 21.1. The first-order chi connectivity index (χ1) is 38.6. The van der Waals surface area contributed by atoms with Crippen molar-refractivity contribution in [2.45, 2.75) is 290 Å². The molecule has 0 fully saturated rings. The van der Waals surface area contributed by atoms with Gasteiger partial charge >= 0.3 is 11.9 Å². The third-order valence-electron chi connectivity index (χ3n) is 13.6. The van der Waals surface area contributed by atoms with E-state index in [0.717, 1.165) is 116 Å². The van der Waals surface area contributed by atoms with E-state index in [1.807, 2.05) is 0 Å². The van der Waals surface area contributed by atoms with Crippen LogP contribution in [0.2, 0.25) is 0 Å². The van der Waals surface area contributed by atoms with E-state index in [1.54, 1.807) is 0 Å². The highest BCUT2D eigenvalue weighted by Gasteiger charge is 2.16. The molecule has 0 bridgehead atoms. The van der Waals surface area contributed by atoms with Crippen molar-refractivity contribution >= 4 is 11.9 Å². The van der Waals surface area contributed by atoms with E-state index in [2.05, 4.69) is 160 Å². The van der Waals surface area contributed by atoms with Crippen molar-refractivity contribution in [3.63, 3.8) is 0 Å². The molecular formula is C73H120O5. The summed E-state index contributed by atoms with van der Waals surface area (Å²) >= 11 is 0. The Morgan fingerprint density at radius 3 is 0.769 bits per heavy atom. The first-order valence-electron chi connectivity index (χ1n) is 32.4. The van der Waals surface area contributed by atoms with Gasteiger partial charge in [-0.1, -0.05) is 301 Å². The summed E-state index contributed by atoms with van der Waals surface area (Å²) < 4.78 is 10.7. The maximum atomic E-state index is 12.4. The normalized spacial score (nSPS) is 13.2. The van der Waals surface area contributed by atoms with Gasteiger partial charge in [0.25, 0.3) is 0 Å². The number of aliphatic hydroxyl groups excluding tert-OH is 1. The molecule has 0 saturated carbocycles. The molecule has 0 amide bonds. The van der Waals surface area contributed by atoms with Crippen molar-refractivity contribution in [3.05, 3.63) is 146 Å². The maximum Gasteiger partial charge on any atom is 0.306 e. The zero-order valence-corrected chi connectivity index (χ0v) is 50.6. The van der Waals surface area contributed by atoms with Gasteiger partial charge in [-0.25, -0.2) is 0 Å². The summed E-state index contributed by atoms with van der Waals surface area (Å²) in [5.74, 6) is -0.596. The largest absolute Gasteiger partial charge is 0.462 e. The number of carbonyl (C=O) groups excluding carboxylic acids is 2. The summed E-state index contributed by atoms with van der Waals surface area (Å²) in [5, 5.41) is 9.69. The van der Waals surface area contributed by atoms with E-state index < -0.39 is 6.10 Å². The molecular weight excluding hydrogens is 957 g/mol. The highest BCUT2D eigenvalue weighted by Crippen LogP contribution is 2.16. The van der Waals surface area contributed by atoms with Gasteiger partial charge in [0, 0.05) is 12.8 Å². The number of hydrogen-bond donors (Lipinski definition) is 1. The van der Waals surface area contributed by atoms with Gasteiger partial charge in [-0.3, -0.25) is 9.59 Å². The van der Waals surface area contributed by atoms with Crippen LogP contribution >= 0.6 is 0 Å². The Hall–Kier alpha value is -4.22. The summed E-state index contributed by atoms with van der Waals surface area (Å²) in [6.45, 7) is 3.92. The Balaban J connectivity index is 3.53. The number of allylic oxidation sites excluding steroid dienone is 24. The lowest BCUT2D eigenvalue weighted by atomic mass is 10.0. The number of ether oxygens (including phenoxy) is 2. The fourth-order valence-corrected chi connectivity index (χ4v) is 8.86. The fourth-order valence-electron chi connectivity index (χ4n) is 8.86. The first kappa shape index (κ1) is 73.8. The quantitative estimate of drug-likeness (QED) is 0.0373. The molecule has 442 valence electrons. The van der Waals surface area contributed by atoms with E-state index in [-0.39, 0.29) is 25.2 Å². The minimum atomic E-state index is -0.785. The van der Waals surface area contributed by atoms with Crippen LogP contribution in [0, 0.1) is 0 Å². The van der Waals surface area contributed by atoms with Gasteiger partial charge in [-0.05, 0) is 116 Å². The zero-order chi connectivity index (χ0) is 56.2. The van der Waals surface area contributed by atoms with Crippen molar-refractivity contribution in [2.24, 2.45) is 0 Å². The molecule has 5 nitrogen and oxygen atoms in total. The molecule has 0 spiro atoms. The Labute approximate surface area is 482 Å². The highest BCUT2D eigenvalue weighted by molar-refractivity contribution is 5.70. The molecule has 0 radical (unpaired) electrons. The van der Waals surface area contributed by atoms with E-state index in [4.69, 9.17) is 9.47 Å². The third-order valence-corrected chi connectivity index (χ3v) is 13.6. The summed E-state index contributed by atoms with van der Waals surface area (Å²) in [7, 11) is 0. The number of hydrogen-bond acceptors (Lipinski definition) is 5. The number of unbranched alkanes of at least 4 members (excludes halogenated alkanes) is 26. The van der Waals surface area contributed by atoms with Crippen LogP contribution in [0.4, 0.5) is 0 Å². The van der Waals surface area contributed by atoms with Gasteiger partial charge < -0.3 is 14.6 Å². The van der Waals surface area contributed by atoms with E-state index in [0.29, 0.717) is 12.8 Å². The number of rotatable bonds is 58. The summed E-state index contributed by atoms with van der Waals surface area (Å²) in [4.78, 5) is 24.6. The molecule has 0 aliphatic carbocycles. The van der Waals surface area contributed by atoms with Gasteiger partial charge in [-0.15, -0.1) is 0 Å². The molecule has 0 rings (SSSR count). The van der Waals surface area contributed by atoms with Crippen molar-refractivity contribution < 1.29 is 24.2 Å². The first-order valence-corrected chi connectivity index (χ1v) is 32.4. The molecule has 5 heteroatoms. The standard InChI is InChI=1S/C73H120O5/c1-3-5-7-9-11-13-15-17-19-21-23-25-27-29-31-33-34-35-36-37-38-40-42-44-46-48-50-52-54-56-58-60-62-64-66-68-73(76)78-71(69-74)70-77-72(75)67-65-63-61-59-57-55-53-51-49-47-45-43-41-39-32-30-28-26-24-22-20-18-16-14-12-10-8-6-4-2/h5-8,11-14,17-20,23-26,29,31,34-35,37-38,42,44,71,74H,3-4,9-10,15-16,21-22,27-28,30,32-33,36,39-41,43,45-70H2,1-2H3/b7-5-,8-6-,13-11-,14-12-,19-17-,20-18-,25-23-,26-24-,31-29-,35-34-,38-37-,44-42-. The highest BCUT2D eigenvalue weighted by atomic mass is 16.6. The Bertz CT molecular complexity index is 1650. The van der Waals surface area contributed by atoms with Crippen LogP contribution in [0.25, 0.3) is 0 Å². The maximum absolute atomic E-state index is 12.4. The molecule has 1 atom stereocenters. The molecule has 0 aliphatic rings. The molecule has 0 aromatic carbocycles. The van der Waals surface area contributed by atoms with Crippen LogP contribution in [0.15, 0.2) is 146 Å². The topological polar surface area (TPSA) is 72.8 Å². The lowest BCUT2D eigenvalue weighted by Gasteiger charge is -2.15. The van der Waals surface area contributed by atoms with E-state index in [9.17, 15) is 14.7 Å². The minimum absolute atomic E-state index is 0.0734. The monoisotopic (exact) mass is 1080 g/mol. The van der Waals surface area contributed by atoms with Gasteiger partial charge in [0.15, 0.2) is 6.10 Å². The summed E-state index contributed by atoms with van der Waals surface area (Å²) in [5.41, 5.74) is 0. The van der Waals surface area contributed by atoms with Gasteiger partial charge in [0.2, 0.25) is 0 Å². The van der Waals surface area contributed by atoms with Crippen molar-refractivity contribution in [3.8, 4) is 0 Å². The van der Waals surface area contributed by atoms with Crippen LogP contribution in [-0.2, 0) is 19.1 Å². The van der Waals surface area contributed by atoms with Crippen molar-refractivity contribution in [1.82, 2.24) is 0 Å². The fraction of sp³-hybridized carbons (Fsp3) is 0.644. The SMILES string of the molecule is CC/C=C\C/C=C\C/C=C\C/C=C\C/C=C\C/C=C\C/C=C\C/C=C\CCCCCCCCCCCCC(=O)OC(CO)COC(=O)CCCCCCCCCCCCCCCCCC/C=C\C/C=C\C/C=C\C/C=C\CC. The third kappa shape index (κ3) is 64.3. The van der Waals surface area contributed by atoms with Crippen LogP contribution in [0.5, 0.6) is 0 Å². The van der Waals surface area contributed by atoms with Crippen LogP contribution in [-0.4, -0.2) is 36.4 Å². The smallest absolute Gasteiger partial charge is 0.306 e. The van der Waals surface area contributed by atoms with Crippen LogP contribution in [0.3, 0.4) is 0 Å². The van der Waals surface area contributed by atoms with Crippen LogP contribution in [0.1, 0.15) is 284 Å². The lowest BCUT2D eigenvalue weighted by molar-refractivity contribution is -0.161. The lowest BCUT2D eigenvalue weighted by Crippen LogP contribution is -2.28. The second kappa shape index (κ2) is 67.1. The molecule has 0 aromatic heterocycles.